The Bertz CT molecular complexity index is 1140. The van der Waals surface area contributed by atoms with E-state index >= 15 is 0 Å². The predicted molar refractivity (Wildman–Crippen MR) is 121 cm³/mol. The molecule has 1 aliphatic rings. The summed E-state index contributed by atoms with van der Waals surface area (Å²) in [5, 5.41) is 2.89. The van der Waals surface area contributed by atoms with E-state index in [0.717, 1.165) is 24.2 Å². The van der Waals surface area contributed by atoms with Gasteiger partial charge in [0.05, 0.1) is 24.8 Å². The number of aryl methyl sites for hydroxylation is 1. The van der Waals surface area contributed by atoms with Crippen molar-refractivity contribution in [3.63, 3.8) is 0 Å². The molecule has 0 aliphatic carbocycles. The minimum Gasteiger partial charge on any atom is -0.497 e. The molecule has 4 rings (SSSR count). The van der Waals surface area contributed by atoms with Gasteiger partial charge in [-0.05, 0) is 54.3 Å². The molecule has 3 aromatic rings. The Hall–Kier alpha value is -3.93. The standard InChI is InChI=1S/C26H24N2O4/c1-32-21-12-9-18(10-13-21)8-5-15-27-24(29)20-11-14-22-23(16-20)26(31)28(25(22)30)17-19-6-3-2-4-7-19/h2-4,6-7,9-14,16H,5,8,15,17H2,1H3,(H,27,29). The highest BCUT2D eigenvalue weighted by atomic mass is 16.5. The number of amides is 3. The molecule has 0 atom stereocenters. The van der Waals surface area contributed by atoms with E-state index in [1.165, 1.54) is 16.5 Å². The quantitative estimate of drug-likeness (QED) is 0.437. The van der Waals surface area contributed by atoms with Crippen LogP contribution >= 0.6 is 0 Å². The van der Waals surface area contributed by atoms with Crippen molar-refractivity contribution in [1.29, 1.82) is 0 Å². The van der Waals surface area contributed by atoms with E-state index in [0.29, 0.717) is 17.7 Å². The van der Waals surface area contributed by atoms with Crippen LogP contribution in [0.25, 0.3) is 0 Å². The molecule has 0 saturated carbocycles. The Labute approximate surface area is 186 Å². The van der Waals surface area contributed by atoms with E-state index in [1.807, 2.05) is 54.6 Å². The zero-order chi connectivity index (χ0) is 22.5. The fourth-order valence-corrected chi connectivity index (χ4v) is 3.73. The second-order valence-corrected chi connectivity index (χ2v) is 7.65. The molecule has 32 heavy (non-hydrogen) atoms. The summed E-state index contributed by atoms with van der Waals surface area (Å²) in [5.74, 6) is -0.151. The second kappa shape index (κ2) is 9.47. The van der Waals surface area contributed by atoms with Gasteiger partial charge >= 0.3 is 0 Å². The highest BCUT2D eigenvalue weighted by Gasteiger charge is 2.35. The molecular weight excluding hydrogens is 404 g/mol. The number of nitrogens with one attached hydrogen (secondary N) is 1. The molecular formula is C26H24N2O4. The topological polar surface area (TPSA) is 75.7 Å². The maximum atomic E-state index is 12.8. The van der Waals surface area contributed by atoms with Crippen LogP contribution in [0.5, 0.6) is 5.75 Å². The SMILES string of the molecule is COc1ccc(CCCNC(=O)c2ccc3c(c2)C(=O)N(Cc2ccccc2)C3=O)cc1. The summed E-state index contributed by atoms with van der Waals surface area (Å²) in [7, 11) is 1.63. The van der Waals surface area contributed by atoms with Gasteiger partial charge in [-0.2, -0.15) is 0 Å². The lowest BCUT2D eigenvalue weighted by atomic mass is 10.1. The minimum atomic E-state index is -0.372. The van der Waals surface area contributed by atoms with Crippen molar-refractivity contribution in [2.24, 2.45) is 0 Å². The highest BCUT2D eigenvalue weighted by Crippen LogP contribution is 2.25. The van der Waals surface area contributed by atoms with Gasteiger partial charge in [0, 0.05) is 12.1 Å². The number of fused-ring (bicyclic) bond motifs is 1. The van der Waals surface area contributed by atoms with Crippen molar-refractivity contribution < 1.29 is 19.1 Å². The van der Waals surface area contributed by atoms with E-state index in [9.17, 15) is 14.4 Å². The number of hydrogen-bond donors (Lipinski definition) is 1. The minimum absolute atomic E-state index is 0.208. The third-order valence-electron chi connectivity index (χ3n) is 5.50. The van der Waals surface area contributed by atoms with Crippen LogP contribution in [0.1, 0.15) is 48.6 Å². The normalized spacial score (nSPS) is 12.6. The molecule has 1 heterocycles. The van der Waals surface area contributed by atoms with Gasteiger partial charge in [0.25, 0.3) is 17.7 Å². The van der Waals surface area contributed by atoms with Gasteiger partial charge in [0.1, 0.15) is 5.75 Å². The molecule has 1 N–H and O–H groups in total. The van der Waals surface area contributed by atoms with Gasteiger partial charge < -0.3 is 10.1 Å². The van der Waals surface area contributed by atoms with Crippen molar-refractivity contribution in [2.45, 2.75) is 19.4 Å². The maximum Gasteiger partial charge on any atom is 0.261 e. The lowest BCUT2D eigenvalue weighted by Gasteiger charge is -2.13. The number of benzene rings is 3. The summed E-state index contributed by atoms with van der Waals surface area (Å²) in [6.45, 7) is 0.717. The first-order valence-corrected chi connectivity index (χ1v) is 10.5. The van der Waals surface area contributed by atoms with E-state index in [-0.39, 0.29) is 29.8 Å². The number of hydrogen-bond acceptors (Lipinski definition) is 4. The summed E-state index contributed by atoms with van der Waals surface area (Å²) in [4.78, 5) is 39.3. The predicted octanol–water partition coefficient (Wildman–Crippen LogP) is 3.85. The Morgan fingerprint density at radius 1 is 0.875 bits per heavy atom. The molecule has 3 aromatic carbocycles. The zero-order valence-electron chi connectivity index (χ0n) is 17.8. The molecule has 0 fully saturated rings. The number of methoxy groups -OCH3 is 1. The van der Waals surface area contributed by atoms with E-state index in [4.69, 9.17) is 4.74 Å². The summed E-state index contributed by atoms with van der Waals surface area (Å²) in [5.41, 5.74) is 3.02. The Morgan fingerprint density at radius 2 is 1.59 bits per heavy atom. The molecule has 0 spiro atoms. The Balaban J connectivity index is 1.35. The van der Waals surface area contributed by atoms with Crippen LogP contribution in [-0.4, -0.2) is 36.3 Å². The smallest absolute Gasteiger partial charge is 0.261 e. The zero-order valence-corrected chi connectivity index (χ0v) is 17.8. The lowest BCUT2D eigenvalue weighted by molar-refractivity contribution is 0.0642. The van der Waals surface area contributed by atoms with Crippen LogP contribution < -0.4 is 10.1 Å². The number of carbonyl (C=O) groups is 3. The molecule has 6 heteroatoms. The number of nitrogens with zero attached hydrogens (tertiary/aromatic N) is 1. The summed E-state index contributed by atoms with van der Waals surface area (Å²) >= 11 is 0. The fourth-order valence-electron chi connectivity index (χ4n) is 3.73. The first-order valence-electron chi connectivity index (χ1n) is 10.5. The van der Waals surface area contributed by atoms with Crippen LogP contribution in [-0.2, 0) is 13.0 Å². The van der Waals surface area contributed by atoms with E-state index in [2.05, 4.69) is 5.32 Å². The third-order valence-corrected chi connectivity index (χ3v) is 5.50. The molecule has 0 radical (unpaired) electrons. The number of imide groups is 1. The van der Waals surface area contributed by atoms with Crippen LogP contribution in [0.15, 0.2) is 72.8 Å². The fraction of sp³-hybridized carbons (Fsp3) is 0.192. The van der Waals surface area contributed by atoms with Gasteiger partial charge in [0.15, 0.2) is 0 Å². The number of rotatable bonds is 8. The number of ether oxygens (including phenoxy) is 1. The second-order valence-electron chi connectivity index (χ2n) is 7.65. The van der Waals surface area contributed by atoms with Crippen molar-refractivity contribution in [2.75, 3.05) is 13.7 Å². The van der Waals surface area contributed by atoms with E-state index < -0.39 is 0 Å². The molecule has 162 valence electrons. The van der Waals surface area contributed by atoms with Crippen molar-refractivity contribution >= 4 is 17.7 Å². The first kappa shape index (κ1) is 21.3. The monoisotopic (exact) mass is 428 g/mol. The summed E-state index contributed by atoms with van der Waals surface area (Å²) in [6.07, 6.45) is 1.61. The van der Waals surface area contributed by atoms with Crippen molar-refractivity contribution in [1.82, 2.24) is 10.2 Å². The lowest BCUT2D eigenvalue weighted by Crippen LogP contribution is -2.29. The third kappa shape index (κ3) is 4.54. The molecule has 0 saturated heterocycles. The molecule has 3 amide bonds. The summed E-state index contributed by atoms with van der Waals surface area (Å²) in [6, 6.07) is 21.9. The van der Waals surface area contributed by atoms with Gasteiger partial charge in [-0.25, -0.2) is 0 Å². The largest absolute Gasteiger partial charge is 0.497 e. The summed E-state index contributed by atoms with van der Waals surface area (Å²) < 4.78 is 5.15. The van der Waals surface area contributed by atoms with Gasteiger partial charge in [-0.1, -0.05) is 42.5 Å². The van der Waals surface area contributed by atoms with Crippen LogP contribution in [0.4, 0.5) is 0 Å². The van der Waals surface area contributed by atoms with Crippen LogP contribution in [0, 0.1) is 0 Å². The molecule has 1 aliphatic heterocycles. The average Bonchev–Trinajstić information content (AvgIpc) is 3.07. The highest BCUT2D eigenvalue weighted by molar-refractivity contribution is 6.22. The van der Waals surface area contributed by atoms with Crippen LogP contribution in [0.3, 0.4) is 0 Å². The van der Waals surface area contributed by atoms with Crippen molar-refractivity contribution in [3.05, 3.63) is 101 Å². The van der Waals surface area contributed by atoms with E-state index in [1.54, 1.807) is 19.2 Å². The van der Waals surface area contributed by atoms with Crippen LogP contribution in [0.2, 0.25) is 0 Å². The molecule has 0 aromatic heterocycles. The molecule has 6 nitrogen and oxygen atoms in total. The Kier molecular flexibility index (Phi) is 6.31. The average molecular weight is 428 g/mol. The first-order chi connectivity index (χ1) is 15.6. The van der Waals surface area contributed by atoms with Gasteiger partial charge in [0.2, 0.25) is 0 Å². The number of carbonyl (C=O) groups excluding carboxylic acids is 3. The van der Waals surface area contributed by atoms with Gasteiger partial charge in [-0.3, -0.25) is 19.3 Å². The van der Waals surface area contributed by atoms with Gasteiger partial charge in [-0.15, -0.1) is 0 Å². The molecule has 0 bridgehead atoms. The Morgan fingerprint density at radius 3 is 2.31 bits per heavy atom. The van der Waals surface area contributed by atoms with Crippen molar-refractivity contribution in [3.8, 4) is 5.75 Å². The molecule has 0 unspecified atom stereocenters. The maximum absolute atomic E-state index is 12.8.